The Morgan fingerprint density at radius 1 is 1.37 bits per heavy atom. The lowest BCUT2D eigenvalue weighted by atomic mass is 10.0. The van der Waals surface area contributed by atoms with Crippen molar-refractivity contribution in [2.45, 2.75) is 26.3 Å². The van der Waals surface area contributed by atoms with Gasteiger partial charge in [-0.2, -0.15) is 0 Å². The van der Waals surface area contributed by atoms with Gasteiger partial charge in [-0.3, -0.25) is 0 Å². The molecule has 3 nitrogen and oxygen atoms in total. The number of halogens is 1. The Labute approximate surface area is 119 Å². The highest BCUT2D eigenvalue weighted by atomic mass is 35.5. The summed E-state index contributed by atoms with van der Waals surface area (Å²) in [5, 5.41) is 0.735. The van der Waals surface area contributed by atoms with Crippen molar-refractivity contribution in [3.8, 4) is 11.3 Å². The molecule has 1 unspecified atom stereocenters. The second kappa shape index (κ2) is 6.22. The highest BCUT2D eigenvalue weighted by Gasteiger charge is 2.15. The predicted octanol–water partition coefficient (Wildman–Crippen LogP) is 3.75. The van der Waals surface area contributed by atoms with Gasteiger partial charge in [0.25, 0.3) is 0 Å². The summed E-state index contributed by atoms with van der Waals surface area (Å²) in [7, 11) is 0. The Balaban J connectivity index is 2.36. The first-order chi connectivity index (χ1) is 9.11. The molecule has 0 fully saturated rings. The normalized spacial score (nSPS) is 12.9. The lowest BCUT2D eigenvalue weighted by Gasteiger charge is -2.21. The van der Waals surface area contributed by atoms with Crippen LogP contribution in [0.25, 0.3) is 11.3 Å². The molecule has 0 bridgehead atoms. The monoisotopic (exact) mass is 277 g/mol. The smallest absolute Gasteiger partial charge is 0.0954 e. The first kappa shape index (κ1) is 14.1. The molecule has 0 radical (unpaired) electrons. The first-order valence-electron chi connectivity index (χ1n) is 6.59. The number of nitrogens with two attached hydrogens (primary N) is 1. The Morgan fingerprint density at radius 3 is 2.79 bits per heavy atom. The zero-order chi connectivity index (χ0) is 13.8. The molecule has 0 saturated heterocycles. The largest absolute Gasteiger partial charge is 0.328 e. The number of hydrogen-bond donors (Lipinski definition) is 1. The maximum Gasteiger partial charge on any atom is 0.0954 e. The standard InChI is InChI=1S/C15H20ClN3/c1-11(2)6-14(8-17)19-10-18-9-15(19)12-4-3-5-13(16)7-12/h3-5,7,9-11,14H,6,8,17H2,1-2H3. The quantitative estimate of drug-likeness (QED) is 0.904. The highest BCUT2D eigenvalue weighted by Crippen LogP contribution is 2.27. The molecule has 1 atom stereocenters. The van der Waals surface area contributed by atoms with E-state index in [0.29, 0.717) is 12.5 Å². The van der Waals surface area contributed by atoms with Gasteiger partial charge in [-0.05, 0) is 24.5 Å². The highest BCUT2D eigenvalue weighted by molar-refractivity contribution is 6.30. The molecule has 102 valence electrons. The van der Waals surface area contributed by atoms with Crippen LogP contribution >= 0.6 is 11.6 Å². The molecule has 0 aliphatic heterocycles. The third-order valence-corrected chi connectivity index (χ3v) is 3.43. The molecule has 4 heteroatoms. The lowest BCUT2D eigenvalue weighted by Crippen LogP contribution is -2.21. The summed E-state index contributed by atoms with van der Waals surface area (Å²) in [4.78, 5) is 4.27. The molecule has 2 N–H and O–H groups in total. The topological polar surface area (TPSA) is 43.8 Å². The average molecular weight is 278 g/mol. The molecular formula is C15H20ClN3. The average Bonchev–Trinajstić information content (AvgIpc) is 2.84. The summed E-state index contributed by atoms with van der Waals surface area (Å²) in [5.74, 6) is 0.600. The molecule has 0 saturated carbocycles. The van der Waals surface area contributed by atoms with Crippen molar-refractivity contribution >= 4 is 11.6 Å². The Bertz CT molecular complexity index is 534. The van der Waals surface area contributed by atoms with Crippen LogP contribution in [0.2, 0.25) is 5.02 Å². The fourth-order valence-corrected chi connectivity index (χ4v) is 2.52. The molecule has 0 aliphatic rings. The molecule has 2 rings (SSSR count). The van der Waals surface area contributed by atoms with Crippen LogP contribution in [-0.2, 0) is 0 Å². The number of rotatable bonds is 5. The van der Waals surface area contributed by atoms with Crippen LogP contribution in [0.4, 0.5) is 0 Å². The summed E-state index contributed by atoms with van der Waals surface area (Å²) >= 11 is 6.06. The fraction of sp³-hybridized carbons (Fsp3) is 0.400. The number of hydrogen-bond acceptors (Lipinski definition) is 2. The van der Waals surface area contributed by atoms with E-state index in [1.165, 1.54) is 0 Å². The number of imidazole rings is 1. The summed E-state index contributed by atoms with van der Waals surface area (Å²) in [6, 6.07) is 8.10. The molecule has 19 heavy (non-hydrogen) atoms. The van der Waals surface area contributed by atoms with Gasteiger partial charge in [0.2, 0.25) is 0 Å². The molecule has 2 aromatic rings. The predicted molar refractivity (Wildman–Crippen MR) is 80.2 cm³/mol. The Kier molecular flexibility index (Phi) is 4.61. The minimum atomic E-state index is 0.275. The van der Waals surface area contributed by atoms with Gasteiger partial charge >= 0.3 is 0 Å². The van der Waals surface area contributed by atoms with Crippen molar-refractivity contribution in [1.82, 2.24) is 9.55 Å². The molecule has 1 aromatic carbocycles. The Hall–Kier alpha value is -1.32. The van der Waals surface area contributed by atoms with E-state index in [0.717, 1.165) is 22.7 Å². The first-order valence-corrected chi connectivity index (χ1v) is 6.97. The van der Waals surface area contributed by atoms with Crippen LogP contribution in [0.15, 0.2) is 36.8 Å². The molecular weight excluding hydrogens is 258 g/mol. The Morgan fingerprint density at radius 2 is 2.16 bits per heavy atom. The van der Waals surface area contributed by atoms with Crippen molar-refractivity contribution in [2.75, 3.05) is 6.54 Å². The summed E-state index contributed by atoms with van der Waals surface area (Å²) in [5.41, 5.74) is 8.06. The summed E-state index contributed by atoms with van der Waals surface area (Å²) in [6.07, 6.45) is 4.77. The van der Waals surface area contributed by atoms with Crippen LogP contribution < -0.4 is 5.73 Å². The molecule has 1 aromatic heterocycles. The maximum absolute atomic E-state index is 6.06. The minimum Gasteiger partial charge on any atom is -0.328 e. The van der Waals surface area contributed by atoms with E-state index in [9.17, 15) is 0 Å². The van der Waals surface area contributed by atoms with E-state index in [2.05, 4.69) is 23.4 Å². The van der Waals surface area contributed by atoms with E-state index in [-0.39, 0.29) is 6.04 Å². The maximum atomic E-state index is 6.06. The zero-order valence-electron chi connectivity index (χ0n) is 11.4. The van der Waals surface area contributed by atoms with Crippen LogP contribution in [0.3, 0.4) is 0 Å². The van der Waals surface area contributed by atoms with E-state index in [1.54, 1.807) is 0 Å². The number of aromatic nitrogens is 2. The van der Waals surface area contributed by atoms with Gasteiger partial charge < -0.3 is 10.3 Å². The number of benzene rings is 1. The SMILES string of the molecule is CC(C)CC(CN)n1cncc1-c1cccc(Cl)c1. The third-order valence-electron chi connectivity index (χ3n) is 3.20. The summed E-state index contributed by atoms with van der Waals surface area (Å²) in [6.45, 7) is 5.03. The lowest BCUT2D eigenvalue weighted by molar-refractivity contribution is 0.410. The van der Waals surface area contributed by atoms with Crippen molar-refractivity contribution in [3.63, 3.8) is 0 Å². The molecule has 0 aliphatic carbocycles. The molecule has 1 heterocycles. The third kappa shape index (κ3) is 3.37. The van der Waals surface area contributed by atoms with Gasteiger partial charge in [-0.25, -0.2) is 4.98 Å². The zero-order valence-corrected chi connectivity index (χ0v) is 12.1. The minimum absolute atomic E-state index is 0.275. The number of nitrogens with zero attached hydrogens (tertiary/aromatic N) is 2. The molecule has 0 spiro atoms. The van der Waals surface area contributed by atoms with Crippen LogP contribution in [0.5, 0.6) is 0 Å². The van der Waals surface area contributed by atoms with Gasteiger partial charge in [0.05, 0.1) is 18.2 Å². The van der Waals surface area contributed by atoms with Gasteiger partial charge in [0.1, 0.15) is 0 Å². The van der Waals surface area contributed by atoms with Gasteiger partial charge in [0.15, 0.2) is 0 Å². The summed E-state index contributed by atoms with van der Waals surface area (Å²) < 4.78 is 2.16. The van der Waals surface area contributed by atoms with Crippen LogP contribution in [-0.4, -0.2) is 16.1 Å². The second-order valence-corrected chi connectivity index (χ2v) is 5.65. The van der Waals surface area contributed by atoms with Gasteiger partial charge in [-0.1, -0.05) is 37.6 Å². The van der Waals surface area contributed by atoms with E-state index in [4.69, 9.17) is 17.3 Å². The van der Waals surface area contributed by atoms with Crippen molar-refractivity contribution in [1.29, 1.82) is 0 Å². The van der Waals surface area contributed by atoms with Crippen LogP contribution in [0.1, 0.15) is 26.3 Å². The van der Waals surface area contributed by atoms with Crippen molar-refractivity contribution in [3.05, 3.63) is 41.8 Å². The van der Waals surface area contributed by atoms with E-state index < -0.39 is 0 Å². The fourth-order valence-electron chi connectivity index (χ4n) is 2.33. The van der Waals surface area contributed by atoms with Crippen LogP contribution in [0, 0.1) is 5.92 Å². The van der Waals surface area contributed by atoms with E-state index in [1.807, 2.05) is 36.8 Å². The van der Waals surface area contributed by atoms with Crippen molar-refractivity contribution < 1.29 is 0 Å². The van der Waals surface area contributed by atoms with Gasteiger partial charge in [0, 0.05) is 23.2 Å². The van der Waals surface area contributed by atoms with Gasteiger partial charge in [-0.15, -0.1) is 0 Å². The molecule has 0 amide bonds. The van der Waals surface area contributed by atoms with Crippen molar-refractivity contribution in [2.24, 2.45) is 11.7 Å². The van der Waals surface area contributed by atoms with E-state index >= 15 is 0 Å². The second-order valence-electron chi connectivity index (χ2n) is 5.22.